The third-order valence-electron chi connectivity index (χ3n) is 4.03. The van der Waals surface area contributed by atoms with Crippen LogP contribution in [-0.4, -0.2) is 16.6 Å². The summed E-state index contributed by atoms with van der Waals surface area (Å²) < 4.78 is 39.4. The van der Waals surface area contributed by atoms with Crippen molar-refractivity contribution >= 4 is 17.2 Å². The topological polar surface area (TPSA) is 41.1 Å². The van der Waals surface area contributed by atoms with Gasteiger partial charge in [-0.25, -0.2) is 4.98 Å². The van der Waals surface area contributed by atoms with E-state index < -0.39 is 11.7 Å². The number of benzene rings is 1. The van der Waals surface area contributed by atoms with Gasteiger partial charge < -0.3 is 10.2 Å². The Kier molecular flexibility index (Phi) is 3.56. The van der Waals surface area contributed by atoms with Crippen LogP contribution in [0.15, 0.2) is 60.9 Å². The fourth-order valence-corrected chi connectivity index (χ4v) is 2.86. The van der Waals surface area contributed by atoms with Crippen LogP contribution < -0.4 is 10.2 Å². The van der Waals surface area contributed by atoms with Gasteiger partial charge in [0, 0.05) is 18.0 Å². The fourth-order valence-electron chi connectivity index (χ4n) is 2.86. The Morgan fingerprint density at radius 2 is 1.80 bits per heavy atom. The predicted octanol–water partition coefficient (Wildman–Crippen LogP) is 4.68. The van der Waals surface area contributed by atoms with Crippen molar-refractivity contribution in [2.45, 2.75) is 6.18 Å². The van der Waals surface area contributed by atoms with Gasteiger partial charge in [-0.2, -0.15) is 13.2 Å². The number of hydrogen-bond acceptors (Lipinski definition) is 4. The Morgan fingerprint density at radius 3 is 2.56 bits per heavy atom. The highest BCUT2D eigenvalue weighted by atomic mass is 19.4. The number of rotatable bonds is 2. The number of nitrogens with one attached hydrogen (secondary N) is 1. The van der Waals surface area contributed by atoms with Gasteiger partial charge >= 0.3 is 6.18 Å². The molecule has 1 aromatic carbocycles. The molecule has 0 radical (unpaired) electrons. The quantitative estimate of drug-likeness (QED) is 0.734. The summed E-state index contributed by atoms with van der Waals surface area (Å²) in [5.74, 6) is 0.658. The van der Waals surface area contributed by atoms with Crippen LogP contribution in [0.1, 0.15) is 5.56 Å². The first-order valence-corrected chi connectivity index (χ1v) is 7.63. The Labute approximate surface area is 142 Å². The van der Waals surface area contributed by atoms with Crippen LogP contribution in [0, 0.1) is 0 Å². The Bertz CT molecular complexity index is 907. The smallest absolute Gasteiger partial charge is 0.366 e. The Balaban J connectivity index is 1.69. The maximum Gasteiger partial charge on any atom is 0.418 e. The molecule has 0 aliphatic carbocycles. The van der Waals surface area contributed by atoms with Crippen molar-refractivity contribution in [1.29, 1.82) is 0 Å². The predicted molar refractivity (Wildman–Crippen MR) is 89.5 cm³/mol. The lowest BCUT2D eigenvalue weighted by atomic mass is 10.1. The molecule has 4 nitrogen and oxygen atoms in total. The van der Waals surface area contributed by atoms with Crippen LogP contribution in [0.2, 0.25) is 0 Å². The van der Waals surface area contributed by atoms with Crippen molar-refractivity contribution in [1.82, 2.24) is 9.97 Å². The number of halogens is 3. The number of nitrogens with zero attached hydrogens (tertiary/aromatic N) is 3. The molecular weight excluding hydrogens is 329 g/mol. The fraction of sp³-hybridized carbons (Fsp3) is 0.111. The van der Waals surface area contributed by atoms with Crippen molar-refractivity contribution in [3.8, 4) is 11.3 Å². The highest BCUT2D eigenvalue weighted by Gasteiger charge is 2.34. The molecule has 0 bridgehead atoms. The third-order valence-corrected chi connectivity index (χ3v) is 4.03. The number of alkyl halides is 3. The third kappa shape index (κ3) is 2.77. The summed E-state index contributed by atoms with van der Waals surface area (Å²) in [4.78, 5) is 10.2. The van der Waals surface area contributed by atoms with Crippen LogP contribution in [0.4, 0.5) is 30.4 Å². The highest BCUT2D eigenvalue weighted by Crippen LogP contribution is 2.38. The van der Waals surface area contributed by atoms with Crippen molar-refractivity contribution in [3.63, 3.8) is 0 Å². The van der Waals surface area contributed by atoms with Gasteiger partial charge in [0.25, 0.3) is 0 Å². The van der Waals surface area contributed by atoms with Gasteiger partial charge in [0.05, 0.1) is 29.3 Å². The summed E-state index contributed by atoms with van der Waals surface area (Å²) in [6, 6.07) is 13.4. The summed E-state index contributed by atoms with van der Waals surface area (Å²) in [6.45, 7) is 0.559. The number of para-hydroxylation sites is 2. The van der Waals surface area contributed by atoms with Crippen molar-refractivity contribution in [2.75, 3.05) is 16.9 Å². The molecule has 0 saturated carbocycles. The van der Waals surface area contributed by atoms with Gasteiger partial charge in [-0.1, -0.05) is 12.1 Å². The van der Waals surface area contributed by atoms with E-state index >= 15 is 0 Å². The molecule has 0 fully saturated rings. The van der Waals surface area contributed by atoms with E-state index in [1.54, 1.807) is 12.1 Å². The maximum absolute atomic E-state index is 13.1. The Morgan fingerprint density at radius 1 is 0.960 bits per heavy atom. The van der Waals surface area contributed by atoms with E-state index in [-0.39, 0.29) is 5.69 Å². The first-order valence-electron chi connectivity index (χ1n) is 7.63. The summed E-state index contributed by atoms with van der Waals surface area (Å²) >= 11 is 0. The molecule has 2 aromatic heterocycles. The zero-order valence-electron chi connectivity index (χ0n) is 13.0. The molecule has 1 aliphatic heterocycles. The van der Waals surface area contributed by atoms with Crippen LogP contribution in [-0.2, 0) is 6.18 Å². The number of pyridine rings is 2. The van der Waals surface area contributed by atoms with E-state index in [1.807, 2.05) is 29.2 Å². The number of hydrogen-bond donors (Lipinski definition) is 1. The molecule has 4 rings (SSSR count). The monoisotopic (exact) mass is 342 g/mol. The van der Waals surface area contributed by atoms with Gasteiger partial charge in [-0.15, -0.1) is 0 Å². The molecule has 0 unspecified atom stereocenters. The summed E-state index contributed by atoms with van der Waals surface area (Å²) in [6.07, 6.45) is -1.69. The van der Waals surface area contributed by atoms with Crippen LogP contribution in [0.3, 0.4) is 0 Å². The summed E-state index contributed by atoms with van der Waals surface area (Å²) in [5, 5.41) is 3.25. The molecule has 25 heavy (non-hydrogen) atoms. The van der Waals surface area contributed by atoms with E-state index in [1.165, 1.54) is 18.5 Å². The lowest BCUT2D eigenvalue weighted by Crippen LogP contribution is -2.17. The number of aromatic nitrogens is 2. The van der Waals surface area contributed by atoms with E-state index in [2.05, 4.69) is 15.3 Å². The molecule has 1 aliphatic rings. The van der Waals surface area contributed by atoms with Crippen LogP contribution in [0.5, 0.6) is 0 Å². The second-order valence-corrected chi connectivity index (χ2v) is 5.58. The van der Waals surface area contributed by atoms with E-state index in [9.17, 15) is 13.2 Å². The largest absolute Gasteiger partial charge is 0.418 e. The van der Waals surface area contributed by atoms with E-state index in [0.29, 0.717) is 18.1 Å². The molecule has 3 heterocycles. The lowest BCUT2D eigenvalue weighted by Gasteiger charge is -2.17. The normalized spacial score (nSPS) is 13.5. The highest BCUT2D eigenvalue weighted by molar-refractivity contribution is 5.80. The van der Waals surface area contributed by atoms with Crippen molar-refractivity contribution < 1.29 is 13.2 Å². The molecule has 126 valence electrons. The van der Waals surface area contributed by atoms with E-state index in [0.717, 1.165) is 17.4 Å². The zero-order chi connectivity index (χ0) is 17.4. The SMILES string of the molecule is FC(F)(F)c1cccnc1-c1ccc(N2CNc3ccccc32)nc1. The summed E-state index contributed by atoms with van der Waals surface area (Å²) in [7, 11) is 0. The molecule has 1 N–H and O–H groups in total. The first-order chi connectivity index (χ1) is 12.0. The standard InChI is InChI=1S/C18H13F3N4/c19-18(20,21)13-4-3-9-22-17(13)12-7-8-16(23-10-12)25-11-24-14-5-1-2-6-15(14)25/h1-10,24H,11H2. The molecule has 0 atom stereocenters. The Hall–Kier alpha value is -3.09. The maximum atomic E-state index is 13.1. The van der Waals surface area contributed by atoms with Crippen LogP contribution >= 0.6 is 0 Å². The zero-order valence-corrected chi connectivity index (χ0v) is 13.0. The van der Waals surface area contributed by atoms with Crippen molar-refractivity contribution in [3.05, 3.63) is 66.5 Å². The average Bonchev–Trinajstić information content (AvgIpc) is 3.05. The molecule has 0 saturated heterocycles. The van der Waals surface area contributed by atoms with Gasteiger partial charge in [-0.05, 0) is 36.4 Å². The minimum Gasteiger partial charge on any atom is -0.366 e. The lowest BCUT2D eigenvalue weighted by molar-refractivity contribution is -0.137. The molecule has 0 amide bonds. The van der Waals surface area contributed by atoms with Crippen LogP contribution in [0.25, 0.3) is 11.3 Å². The van der Waals surface area contributed by atoms with Gasteiger partial charge in [-0.3, -0.25) is 4.98 Å². The first kappa shape index (κ1) is 15.4. The number of anilines is 3. The molecule has 3 aromatic rings. The van der Waals surface area contributed by atoms with Crippen molar-refractivity contribution in [2.24, 2.45) is 0 Å². The van der Waals surface area contributed by atoms with Gasteiger partial charge in [0.15, 0.2) is 0 Å². The summed E-state index contributed by atoms with van der Waals surface area (Å²) in [5.41, 5.74) is 1.43. The molecular formula is C18H13F3N4. The minimum absolute atomic E-state index is 0.117. The molecule has 0 spiro atoms. The van der Waals surface area contributed by atoms with Gasteiger partial charge in [0.1, 0.15) is 5.82 Å². The average molecular weight is 342 g/mol. The second kappa shape index (κ2) is 5.77. The number of fused-ring (bicyclic) bond motifs is 1. The van der Waals surface area contributed by atoms with Gasteiger partial charge in [0.2, 0.25) is 0 Å². The second-order valence-electron chi connectivity index (χ2n) is 5.58. The minimum atomic E-state index is -4.46. The molecule has 7 heteroatoms. The van der Waals surface area contributed by atoms with E-state index in [4.69, 9.17) is 0 Å².